The Balaban J connectivity index is 1.49. The number of aryl methyl sites for hydroxylation is 1. The molecule has 2 amide bonds. The summed E-state index contributed by atoms with van der Waals surface area (Å²) in [6.07, 6.45) is 6.38. The largest absolute Gasteiger partial charge is 0.342 e. The fraction of sp³-hybridized carbons (Fsp3) is 0.706. The molecule has 2 aliphatic heterocycles. The fourth-order valence-electron chi connectivity index (χ4n) is 3.67. The third kappa shape index (κ3) is 3.57. The van der Waals surface area contributed by atoms with Gasteiger partial charge in [-0.2, -0.15) is 5.10 Å². The van der Waals surface area contributed by atoms with Gasteiger partial charge in [-0.05, 0) is 38.2 Å². The van der Waals surface area contributed by atoms with Crippen molar-refractivity contribution in [2.45, 2.75) is 39.7 Å². The van der Waals surface area contributed by atoms with Gasteiger partial charge in [0, 0.05) is 45.3 Å². The third-order valence-corrected chi connectivity index (χ3v) is 5.08. The highest BCUT2D eigenvalue weighted by atomic mass is 16.2. The quantitative estimate of drug-likeness (QED) is 0.841. The van der Waals surface area contributed by atoms with Crippen LogP contribution in [-0.4, -0.2) is 57.6 Å². The molecule has 2 saturated heterocycles. The molecule has 1 aromatic heterocycles. The Bertz CT molecular complexity index is 575. The van der Waals surface area contributed by atoms with E-state index in [9.17, 15) is 9.59 Å². The Labute approximate surface area is 137 Å². The average Bonchev–Trinajstić information content (AvgIpc) is 3.13. The number of aromatic nitrogens is 2. The minimum atomic E-state index is -0.132. The highest BCUT2D eigenvalue weighted by Crippen LogP contribution is 2.24. The molecule has 0 unspecified atom stereocenters. The van der Waals surface area contributed by atoms with Crippen LogP contribution in [0.3, 0.4) is 0 Å². The maximum absolute atomic E-state index is 12.6. The van der Waals surface area contributed by atoms with Crippen LogP contribution in [-0.2, 0) is 16.1 Å². The van der Waals surface area contributed by atoms with E-state index >= 15 is 0 Å². The molecule has 3 heterocycles. The van der Waals surface area contributed by atoms with Crippen LogP contribution in [0.1, 0.15) is 31.7 Å². The van der Waals surface area contributed by atoms with Crippen molar-refractivity contribution in [3.05, 3.63) is 18.0 Å². The van der Waals surface area contributed by atoms with Gasteiger partial charge in [-0.25, -0.2) is 0 Å². The monoisotopic (exact) mass is 318 g/mol. The van der Waals surface area contributed by atoms with Crippen LogP contribution >= 0.6 is 0 Å². The van der Waals surface area contributed by atoms with E-state index in [1.807, 2.05) is 29.6 Å². The summed E-state index contributed by atoms with van der Waals surface area (Å²) >= 11 is 0. The zero-order valence-electron chi connectivity index (χ0n) is 14.1. The van der Waals surface area contributed by atoms with E-state index < -0.39 is 0 Å². The lowest BCUT2D eigenvalue weighted by Gasteiger charge is -2.33. The molecule has 1 atom stereocenters. The van der Waals surface area contributed by atoms with E-state index in [0.29, 0.717) is 25.4 Å². The van der Waals surface area contributed by atoms with Crippen LogP contribution in [0.25, 0.3) is 0 Å². The molecule has 0 aromatic carbocycles. The van der Waals surface area contributed by atoms with Gasteiger partial charge in [0.2, 0.25) is 11.8 Å². The first-order valence-corrected chi connectivity index (χ1v) is 8.62. The van der Waals surface area contributed by atoms with Crippen LogP contribution in [0.5, 0.6) is 0 Å². The fourth-order valence-corrected chi connectivity index (χ4v) is 3.67. The van der Waals surface area contributed by atoms with E-state index in [-0.39, 0.29) is 17.7 Å². The number of piperidine rings is 1. The van der Waals surface area contributed by atoms with Crippen LogP contribution in [0.15, 0.2) is 12.4 Å². The topological polar surface area (TPSA) is 58.4 Å². The maximum atomic E-state index is 12.6. The number of likely N-dealkylation sites (tertiary alicyclic amines) is 2. The summed E-state index contributed by atoms with van der Waals surface area (Å²) in [4.78, 5) is 28.2. The minimum Gasteiger partial charge on any atom is -0.342 e. The van der Waals surface area contributed by atoms with Gasteiger partial charge in [0.15, 0.2) is 0 Å². The number of carbonyl (C=O) groups is 2. The predicted molar refractivity (Wildman–Crippen MR) is 86.6 cm³/mol. The summed E-state index contributed by atoms with van der Waals surface area (Å²) in [5.74, 6) is 0.737. The molecule has 0 N–H and O–H groups in total. The summed E-state index contributed by atoms with van der Waals surface area (Å²) in [5, 5.41) is 4.35. The molecule has 23 heavy (non-hydrogen) atoms. The number of rotatable bonds is 4. The lowest BCUT2D eigenvalue weighted by atomic mass is 9.95. The van der Waals surface area contributed by atoms with Gasteiger partial charge in [-0.15, -0.1) is 0 Å². The van der Waals surface area contributed by atoms with Crippen LogP contribution in [0.4, 0.5) is 0 Å². The molecule has 0 saturated carbocycles. The summed E-state index contributed by atoms with van der Waals surface area (Å²) in [5.41, 5.74) is 1.18. The lowest BCUT2D eigenvalue weighted by molar-refractivity contribution is -0.137. The number of carbonyl (C=O) groups excluding carboxylic acids is 2. The SMILES string of the molecule is CCN1C[C@H](C(=O)N2CCC(Cn3cc(C)cn3)CC2)CC1=O. The van der Waals surface area contributed by atoms with Crippen molar-refractivity contribution in [2.24, 2.45) is 11.8 Å². The highest BCUT2D eigenvalue weighted by molar-refractivity contribution is 5.89. The second-order valence-corrected chi connectivity index (χ2v) is 6.84. The zero-order chi connectivity index (χ0) is 16.4. The second-order valence-electron chi connectivity index (χ2n) is 6.84. The highest BCUT2D eigenvalue weighted by Gasteiger charge is 2.36. The number of amides is 2. The molecule has 6 heteroatoms. The number of hydrogen-bond donors (Lipinski definition) is 0. The van der Waals surface area contributed by atoms with Crippen molar-refractivity contribution in [1.29, 1.82) is 0 Å². The minimum absolute atomic E-state index is 0.120. The first-order chi connectivity index (χ1) is 11.1. The van der Waals surface area contributed by atoms with Crippen LogP contribution in [0.2, 0.25) is 0 Å². The summed E-state index contributed by atoms with van der Waals surface area (Å²) in [6, 6.07) is 0. The van der Waals surface area contributed by atoms with Gasteiger partial charge < -0.3 is 9.80 Å². The van der Waals surface area contributed by atoms with Gasteiger partial charge in [0.1, 0.15) is 0 Å². The summed E-state index contributed by atoms with van der Waals surface area (Å²) in [6.45, 7) is 7.86. The van der Waals surface area contributed by atoms with Gasteiger partial charge >= 0.3 is 0 Å². The van der Waals surface area contributed by atoms with Crippen molar-refractivity contribution in [2.75, 3.05) is 26.2 Å². The molecule has 0 spiro atoms. The lowest BCUT2D eigenvalue weighted by Crippen LogP contribution is -2.43. The molecule has 0 bridgehead atoms. The van der Waals surface area contributed by atoms with Gasteiger partial charge in [0.05, 0.1) is 12.1 Å². The Morgan fingerprint density at radius 3 is 2.65 bits per heavy atom. The van der Waals surface area contributed by atoms with E-state index in [1.54, 1.807) is 4.90 Å². The zero-order valence-corrected chi connectivity index (χ0v) is 14.1. The van der Waals surface area contributed by atoms with Crippen LogP contribution < -0.4 is 0 Å². The smallest absolute Gasteiger partial charge is 0.227 e. The van der Waals surface area contributed by atoms with Crippen molar-refractivity contribution in [3.8, 4) is 0 Å². The third-order valence-electron chi connectivity index (χ3n) is 5.08. The molecular formula is C17H26N4O2. The van der Waals surface area contributed by atoms with Crippen molar-refractivity contribution < 1.29 is 9.59 Å². The molecule has 0 aliphatic carbocycles. The van der Waals surface area contributed by atoms with E-state index in [4.69, 9.17) is 0 Å². The average molecular weight is 318 g/mol. The molecular weight excluding hydrogens is 292 g/mol. The molecule has 126 valence electrons. The van der Waals surface area contributed by atoms with E-state index in [2.05, 4.69) is 11.3 Å². The predicted octanol–water partition coefficient (Wildman–Crippen LogP) is 1.30. The van der Waals surface area contributed by atoms with Gasteiger partial charge in [0.25, 0.3) is 0 Å². The second kappa shape index (κ2) is 6.72. The molecule has 3 rings (SSSR count). The normalized spacial score (nSPS) is 22.9. The first kappa shape index (κ1) is 16.0. The summed E-state index contributed by atoms with van der Waals surface area (Å²) < 4.78 is 2.01. The molecule has 0 radical (unpaired) electrons. The van der Waals surface area contributed by atoms with E-state index in [0.717, 1.165) is 32.5 Å². The number of nitrogens with zero attached hydrogens (tertiary/aromatic N) is 4. The number of hydrogen-bond acceptors (Lipinski definition) is 3. The van der Waals surface area contributed by atoms with Crippen molar-refractivity contribution in [3.63, 3.8) is 0 Å². The van der Waals surface area contributed by atoms with Crippen molar-refractivity contribution >= 4 is 11.8 Å². The Morgan fingerprint density at radius 2 is 2.09 bits per heavy atom. The van der Waals surface area contributed by atoms with E-state index in [1.165, 1.54) is 5.56 Å². The Kier molecular flexibility index (Phi) is 4.68. The van der Waals surface area contributed by atoms with Crippen molar-refractivity contribution in [1.82, 2.24) is 19.6 Å². The molecule has 2 fully saturated rings. The summed E-state index contributed by atoms with van der Waals surface area (Å²) in [7, 11) is 0. The van der Waals surface area contributed by atoms with Gasteiger partial charge in [-0.1, -0.05) is 0 Å². The molecule has 1 aromatic rings. The first-order valence-electron chi connectivity index (χ1n) is 8.62. The standard InChI is InChI=1S/C17H26N4O2/c1-3-19-12-15(8-16(19)22)17(23)20-6-4-14(5-7-20)11-21-10-13(2)9-18-21/h9-10,14-15H,3-8,11-12H2,1-2H3/t15-/m1/s1. The maximum Gasteiger partial charge on any atom is 0.227 e. The Morgan fingerprint density at radius 1 is 1.35 bits per heavy atom. The Hall–Kier alpha value is -1.85. The van der Waals surface area contributed by atoms with Gasteiger partial charge in [-0.3, -0.25) is 14.3 Å². The molecule has 2 aliphatic rings. The molecule has 6 nitrogen and oxygen atoms in total. The van der Waals surface area contributed by atoms with Crippen LogP contribution in [0, 0.1) is 18.8 Å².